The van der Waals surface area contributed by atoms with Crippen molar-refractivity contribution in [1.82, 2.24) is 0 Å². The van der Waals surface area contributed by atoms with Crippen molar-refractivity contribution in [1.29, 1.82) is 0 Å². The number of ketones is 2. The fourth-order valence-electron chi connectivity index (χ4n) is 4.44. The summed E-state index contributed by atoms with van der Waals surface area (Å²) >= 11 is 0. The Morgan fingerprint density at radius 1 is 1.07 bits per heavy atom. The maximum Gasteiger partial charge on any atom is 0.306 e. The normalized spacial score (nSPS) is 22.0. The highest BCUT2D eigenvalue weighted by Crippen LogP contribution is 2.40. The average molecular weight is 431 g/mol. The first-order valence-corrected chi connectivity index (χ1v) is 11.7. The molecule has 0 heterocycles. The molecule has 0 aromatic carbocycles. The number of alkyl halides is 2. The van der Waals surface area contributed by atoms with Crippen LogP contribution in [0.3, 0.4) is 0 Å². The van der Waals surface area contributed by atoms with Gasteiger partial charge in [-0.3, -0.25) is 14.4 Å². The van der Waals surface area contributed by atoms with Gasteiger partial charge in [0.2, 0.25) is 5.78 Å². The Morgan fingerprint density at radius 2 is 1.73 bits per heavy atom. The molecule has 0 radical (unpaired) electrons. The molecule has 174 valence electrons. The third-order valence-corrected chi connectivity index (χ3v) is 6.15. The van der Waals surface area contributed by atoms with E-state index in [1.165, 1.54) is 0 Å². The molecule has 1 rings (SSSR count). The van der Waals surface area contributed by atoms with Gasteiger partial charge in [0, 0.05) is 31.6 Å². The molecule has 0 aromatic heterocycles. The van der Waals surface area contributed by atoms with Crippen LogP contribution in [0.25, 0.3) is 0 Å². The van der Waals surface area contributed by atoms with E-state index in [9.17, 15) is 23.2 Å². The lowest BCUT2D eigenvalue weighted by atomic mass is 9.82. The number of hydrogen-bond acceptors (Lipinski definition) is 4. The predicted octanol–water partition coefficient (Wildman–Crippen LogP) is 6.29. The standard InChI is InChI=1S/C24H40F2O4/c1-5-6-15-24(25,26)22(28)14-13-19-18(4)16-21(27)20(19)11-9-7-8-10-12-23(29)30-17(2)3/h17-20H,5-16H2,1-4H3/t18-,19+,20-/m1/s1. The summed E-state index contributed by atoms with van der Waals surface area (Å²) in [6.45, 7) is 7.47. The molecular weight excluding hydrogens is 390 g/mol. The molecule has 30 heavy (non-hydrogen) atoms. The monoisotopic (exact) mass is 430 g/mol. The zero-order valence-electron chi connectivity index (χ0n) is 19.2. The minimum atomic E-state index is -3.24. The minimum Gasteiger partial charge on any atom is -0.463 e. The van der Waals surface area contributed by atoms with Crippen molar-refractivity contribution >= 4 is 17.5 Å². The molecule has 0 N–H and O–H groups in total. The molecule has 4 nitrogen and oxygen atoms in total. The maximum atomic E-state index is 13.9. The van der Waals surface area contributed by atoms with Crippen LogP contribution in [-0.2, 0) is 19.1 Å². The summed E-state index contributed by atoms with van der Waals surface area (Å²) < 4.78 is 33.0. The van der Waals surface area contributed by atoms with Crippen LogP contribution >= 0.6 is 0 Å². The van der Waals surface area contributed by atoms with Crippen LogP contribution in [0.1, 0.15) is 105 Å². The van der Waals surface area contributed by atoms with Gasteiger partial charge in [-0.05, 0) is 51.4 Å². The van der Waals surface area contributed by atoms with E-state index in [1.807, 2.05) is 27.7 Å². The lowest BCUT2D eigenvalue weighted by molar-refractivity contribution is -0.147. The molecule has 1 aliphatic rings. The third kappa shape index (κ3) is 9.22. The van der Waals surface area contributed by atoms with Gasteiger partial charge in [0.05, 0.1) is 6.10 Å². The van der Waals surface area contributed by atoms with Crippen LogP contribution in [0.2, 0.25) is 0 Å². The smallest absolute Gasteiger partial charge is 0.306 e. The molecule has 0 bridgehead atoms. The number of Topliss-reactive ketones (excluding diaryl/α,β-unsaturated/α-hetero) is 2. The number of unbranched alkanes of at least 4 members (excludes halogenated alkanes) is 4. The van der Waals surface area contributed by atoms with Crippen LogP contribution in [0.5, 0.6) is 0 Å². The van der Waals surface area contributed by atoms with Crippen molar-refractivity contribution in [3.8, 4) is 0 Å². The number of carbonyl (C=O) groups excluding carboxylic acids is 3. The van der Waals surface area contributed by atoms with E-state index in [2.05, 4.69) is 0 Å². The highest BCUT2D eigenvalue weighted by Gasteiger charge is 2.42. The van der Waals surface area contributed by atoms with E-state index in [0.717, 1.165) is 32.1 Å². The molecule has 3 atom stereocenters. The van der Waals surface area contributed by atoms with Gasteiger partial charge in [-0.15, -0.1) is 0 Å². The van der Waals surface area contributed by atoms with E-state index in [1.54, 1.807) is 0 Å². The van der Waals surface area contributed by atoms with Gasteiger partial charge in [0.1, 0.15) is 5.78 Å². The second-order valence-electron chi connectivity index (χ2n) is 9.18. The Balaban J connectivity index is 2.39. The SMILES string of the molecule is CCCCC(F)(F)C(=O)CC[C@H]1[C@H](C)CC(=O)[C@@H]1CCCCCCC(=O)OC(C)C. The Kier molecular flexibility index (Phi) is 11.7. The van der Waals surface area contributed by atoms with Gasteiger partial charge >= 0.3 is 11.9 Å². The van der Waals surface area contributed by atoms with Gasteiger partial charge < -0.3 is 4.74 Å². The second kappa shape index (κ2) is 13.2. The van der Waals surface area contributed by atoms with E-state index in [0.29, 0.717) is 32.1 Å². The topological polar surface area (TPSA) is 60.4 Å². The zero-order valence-corrected chi connectivity index (χ0v) is 19.2. The first-order valence-electron chi connectivity index (χ1n) is 11.7. The zero-order chi connectivity index (χ0) is 22.7. The summed E-state index contributed by atoms with van der Waals surface area (Å²) in [4.78, 5) is 35.9. The van der Waals surface area contributed by atoms with Gasteiger partial charge in [0.25, 0.3) is 0 Å². The van der Waals surface area contributed by atoms with E-state index in [4.69, 9.17) is 4.74 Å². The molecule has 1 aliphatic carbocycles. The summed E-state index contributed by atoms with van der Waals surface area (Å²) in [6, 6.07) is 0. The van der Waals surface area contributed by atoms with Crippen molar-refractivity contribution in [2.75, 3.05) is 0 Å². The van der Waals surface area contributed by atoms with Crippen molar-refractivity contribution in [2.45, 2.75) is 117 Å². The van der Waals surface area contributed by atoms with Crippen molar-refractivity contribution in [3.05, 3.63) is 0 Å². The van der Waals surface area contributed by atoms with E-state index < -0.39 is 11.7 Å². The number of hydrogen-bond donors (Lipinski definition) is 0. The van der Waals surface area contributed by atoms with Gasteiger partial charge in [-0.25, -0.2) is 0 Å². The lowest BCUT2D eigenvalue weighted by Crippen LogP contribution is -2.29. The lowest BCUT2D eigenvalue weighted by Gasteiger charge is -2.23. The summed E-state index contributed by atoms with van der Waals surface area (Å²) in [5.74, 6) is -4.15. The highest BCUT2D eigenvalue weighted by atomic mass is 19.3. The van der Waals surface area contributed by atoms with Crippen LogP contribution in [0.4, 0.5) is 8.78 Å². The number of rotatable bonds is 15. The van der Waals surface area contributed by atoms with Crippen LogP contribution in [0.15, 0.2) is 0 Å². The third-order valence-electron chi connectivity index (χ3n) is 6.15. The Hall–Kier alpha value is -1.33. The Bertz CT molecular complexity index is 559. The van der Waals surface area contributed by atoms with Gasteiger partial charge in [0.15, 0.2) is 0 Å². The van der Waals surface area contributed by atoms with E-state index >= 15 is 0 Å². The molecule has 0 amide bonds. The van der Waals surface area contributed by atoms with E-state index in [-0.39, 0.29) is 48.5 Å². The highest BCUT2D eigenvalue weighted by molar-refractivity contribution is 5.86. The number of ether oxygens (including phenoxy) is 1. The quantitative estimate of drug-likeness (QED) is 0.226. The first-order chi connectivity index (χ1) is 14.1. The molecule has 0 spiro atoms. The van der Waals surface area contributed by atoms with Crippen LogP contribution in [-0.4, -0.2) is 29.6 Å². The average Bonchev–Trinajstić information content (AvgIpc) is 2.92. The summed E-state index contributed by atoms with van der Waals surface area (Å²) in [7, 11) is 0. The Labute approximate surface area is 180 Å². The first kappa shape index (κ1) is 26.7. The summed E-state index contributed by atoms with van der Waals surface area (Å²) in [5.41, 5.74) is 0. The van der Waals surface area contributed by atoms with Crippen LogP contribution in [0, 0.1) is 17.8 Å². The largest absolute Gasteiger partial charge is 0.463 e. The van der Waals surface area contributed by atoms with Gasteiger partial charge in [-0.1, -0.05) is 39.5 Å². The molecule has 1 saturated carbocycles. The summed E-state index contributed by atoms with van der Waals surface area (Å²) in [5, 5.41) is 0. The minimum absolute atomic E-state index is 0.0180. The number of esters is 1. The fraction of sp³-hybridized carbons (Fsp3) is 0.875. The molecule has 0 saturated heterocycles. The number of halogens is 2. The maximum absolute atomic E-state index is 13.9. The predicted molar refractivity (Wildman–Crippen MR) is 113 cm³/mol. The van der Waals surface area contributed by atoms with Crippen LogP contribution < -0.4 is 0 Å². The second-order valence-corrected chi connectivity index (χ2v) is 9.18. The van der Waals surface area contributed by atoms with Crippen molar-refractivity contribution in [3.63, 3.8) is 0 Å². The fourth-order valence-corrected chi connectivity index (χ4v) is 4.44. The summed E-state index contributed by atoms with van der Waals surface area (Å²) in [6.07, 6.45) is 5.84. The van der Waals surface area contributed by atoms with Crippen molar-refractivity contribution in [2.24, 2.45) is 17.8 Å². The molecule has 0 aromatic rings. The molecule has 0 unspecified atom stereocenters. The molecular formula is C24H40F2O4. The Morgan fingerprint density at radius 3 is 2.37 bits per heavy atom. The molecule has 0 aliphatic heterocycles. The molecule has 1 fully saturated rings. The molecule has 6 heteroatoms. The van der Waals surface area contributed by atoms with Gasteiger partial charge in [-0.2, -0.15) is 8.78 Å². The van der Waals surface area contributed by atoms with Crippen molar-refractivity contribution < 1.29 is 27.9 Å². The number of carbonyl (C=O) groups is 3.